The number of aromatic nitrogens is 3. The molecule has 0 aromatic carbocycles. The first-order valence-corrected chi connectivity index (χ1v) is 5.94. The van der Waals surface area contributed by atoms with Crippen molar-refractivity contribution < 1.29 is 9.53 Å². The zero-order chi connectivity index (χ0) is 13.1. The molecule has 0 amide bonds. The molecule has 2 heterocycles. The highest BCUT2D eigenvalue weighted by atomic mass is 16.5. The molecule has 2 rings (SSSR count). The average Bonchev–Trinajstić information content (AvgIpc) is 2.73. The standard InChI is InChI=1S/C12H15N3O3/c1-3-5-8-6-10(16)14-11-9(7-13-15(8)11)12(17)18-4-2/h6-7H,3-5H2,1-2H3,(H,14,16). The molecule has 0 radical (unpaired) electrons. The number of hydrogen-bond acceptors (Lipinski definition) is 4. The van der Waals surface area contributed by atoms with Gasteiger partial charge in [-0.05, 0) is 13.3 Å². The number of carbonyl (C=O) groups is 1. The van der Waals surface area contributed by atoms with E-state index in [2.05, 4.69) is 10.1 Å². The van der Waals surface area contributed by atoms with E-state index in [0.717, 1.165) is 18.5 Å². The minimum absolute atomic E-state index is 0.239. The lowest BCUT2D eigenvalue weighted by Gasteiger charge is -2.03. The van der Waals surface area contributed by atoms with Gasteiger partial charge in [-0.2, -0.15) is 5.10 Å². The largest absolute Gasteiger partial charge is 0.462 e. The fourth-order valence-corrected chi connectivity index (χ4v) is 1.84. The van der Waals surface area contributed by atoms with Crippen molar-refractivity contribution in [2.24, 2.45) is 0 Å². The number of nitrogens with zero attached hydrogens (tertiary/aromatic N) is 2. The number of H-pyrrole nitrogens is 1. The van der Waals surface area contributed by atoms with Crippen LogP contribution in [0.1, 0.15) is 36.3 Å². The average molecular weight is 249 g/mol. The van der Waals surface area contributed by atoms with E-state index in [4.69, 9.17) is 4.74 Å². The molecule has 0 aliphatic rings. The van der Waals surface area contributed by atoms with Crippen LogP contribution in [-0.4, -0.2) is 27.2 Å². The summed E-state index contributed by atoms with van der Waals surface area (Å²) in [5.41, 5.74) is 1.22. The molecule has 0 aliphatic heterocycles. The third-order valence-electron chi connectivity index (χ3n) is 2.58. The van der Waals surface area contributed by atoms with Gasteiger partial charge in [0.2, 0.25) is 0 Å². The van der Waals surface area contributed by atoms with Crippen molar-refractivity contribution >= 4 is 11.6 Å². The fourth-order valence-electron chi connectivity index (χ4n) is 1.84. The van der Waals surface area contributed by atoms with E-state index in [1.807, 2.05) is 6.92 Å². The molecule has 6 nitrogen and oxygen atoms in total. The first-order valence-electron chi connectivity index (χ1n) is 5.94. The summed E-state index contributed by atoms with van der Waals surface area (Å²) in [7, 11) is 0. The summed E-state index contributed by atoms with van der Waals surface area (Å²) in [6.07, 6.45) is 3.04. The summed E-state index contributed by atoms with van der Waals surface area (Å²) in [6, 6.07) is 1.50. The number of rotatable bonds is 4. The van der Waals surface area contributed by atoms with Crippen molar-refractivity contribution in [3.63, 3.8) is 0 Å². The van der Waals surface area contributed by atoms with Gasteiger partial charge in [-0.25, -0.2) is 9.31 Å². The molecular weight excluding hydrogens is 234 g/mol. The number of aromatic amines is 1. The molecule has 0 spiro atoms. The van der Waals surface area contributed by atoms with Gasteiger partial charge in [-0.3, -0.25) is 4.79 Å². The molecule has 0 fully saturated rings. The fraction of sp³-hybridized carbons (Fsp3) is 0.417. The molecule has 96 valence electrons. The van der Waals surface area contributed by atoms with Gasteiger partial charge in [-0.15, -0.1) is 0 Å². The zero-order valence-corrected chi connectivity index (χ0v) is 10.4. The summed E-state index contributed by atoms with van der Waals surface area (Å²) < 4.78 is 6.50. The van der Waals surface area contributed by atoms with Crippen LogP contribution in [0.5, 0.6) is 0 Å². The van der Waals surface area contributed by atoms with Crippen molar-refractivity contribution in [1.29, 1.82) is 0 Å². The van der Waals surface area contributed by atoms with Gasteiger partial charge in [0, 0.05) is 11.8 Å². The van der Waals surface area contributed by atoms with E-state index >= 15 is 0 Å². The smallest absolute Gasteiger partial charge is 0.343 e. The highest BCUT2D eigenvalue weighted by Gasteiger charge is 2.16. The molecule has 0 atom stereocenters. The van der Waals surface area contributed by atoms with Gasteiger partial charge >= 0.3 is 5.97 Å². The van der Waals surface area contributed by atoms with Crippen LogP contribution in [-0.2, 0) is 11.2 Å². The Kier molecular flexibility index (Phi) is 3.45. The molecule has 2 aromatic heterocycles. The number of carbonyl (C=O) groups excluding carboxylic acids is 1. The Hall–Kier alpha value is -2.11. The molecule has 0 aliphatic carbocycles. The Morgan fingerprint density at radius 1 is 1.50 bits per heavy atom. The third-order valence-corrected chi connectivity index (χ3v) is 2.58. The molecule has 0 saturated carbocycles. The van der Waals surface area contributed by atoms with Crippen molar-refractivity contribution in [1.82, 2.24) is 14.6 Å². The first kappa shape index (κ1) is 12.3. The van der Waals surface area contributed by atoms with Crippen LogP contribution in [0.25, 0.3) is 5.65 Å². The van der Waals surface area contributed by atoms with E-state index in [9.17, 15) is 9.59 Å². The summed E-state index contributed by atoms with van der Waals surface area (Å²) in [5, 5.41) is 4.13. The highest BCUT2D eigenvalue weighted by Crippen LogP contribution is 2.11. The molecule has 2 aromatic rings. The number of fused-ring (bicyclic) bond motifs is 1. The maximum Gasteiger partial charge on any atom is 0.343 e. The van der Waals surface area contributed by atoms with Crippen LogP contribution < -0.4 is 5.56 Å². The molecule has 0 bridgehead atoms. The second-order valence-electron chi connectivity index (χ2n) is 3.91. The topological polar surface area (TPSA) is 76.5 Å². The van der Waals surface area contributed by atoms with Crippen LogP contribution in [0.2, 0.25) is 0 Å². The first-order chi connectivity index (χ1) is 8.67. The number of aryl methyl sites for hydroxylation is 1. The Balaban J connectivity index is 2.59. The highest BCUT2D eigenvalue weighted by molar-refractivity contribution is 5.95. The zero-order valence-electron chi connectivity index (χ0n) is 10.4. The van der Waals surface area contributed by atoms with Gasteiger partial charge in [0.15, 0.2) is 5.65 Å². The molecule has 18 heavy (non-hydrogen) atoms. The van der Waals surface area contributed by atoms with Gasteiger partial charge < -0.3 is 9.72 Å². The summed E-state index contributed by atoms with van der Waals surface area (Å²) in [6.45, 7) is 4.03. The molecule has 0 saturated heterocycles. The number of nitrogens with one attached hydrogen (secondary N) is 1. The van der Waals surface area contributed by atoms with Crippen molar-refractivity contribution in [3.05, 3.63) is 33.9 Å². The maximum absolute atomic E-state index is 11.7. The lowest BCUT2D eigenvalue weighted by atomic mass is 10.2. The van der Waals surface area contributed by atoms with E-state index in [-0.39, 0.29) is 17.7 Å². The number of ether oxygens (including phenoxy) is 1. The predicted octanol–water partition coefficient (Wildman–Crippen LogP) is 1.15. The number of hydrogen-bond donors (Lipinski definition) is 1. The van der Waals surface area contributed by atoms with Gasteiger partial charge in [0.25, 0.3) is 5.56 Å². The van der Waals surface area contributed by atoms with E-state index in [1.54, 1.807) is 11.4 Å². The van der Waals surface area contributed by atoms with Crippen LogP contribution in [0.4, 0.5) is 0 Å². The van der Waals surface area contributed by atoms with Crippen LogP contribution >= 0.6 is 0 Å². The van der Waals surface area contributed by atoms with Crippen molar-refractivity contribution in [3.8, 4) is 0 Å². The monoisotopic (exact) mass is 249 g/mol. The lowest BCUT2D eigenvalue weighted by molar-refractivity contribution is 0.0528. The summed E-state index contributed by atoms with van der Waals surface area (Å²) in [5.74, 6) is -0.475. The SMILES string of the molecule is CCCc1cc(=O)[nH]c2c(C(=O)OCC)cnn12. The van der Waals surface area contributed by atoms with Crippen LogP contribution in [0.15, 0.2) is 17.1 Å². The van der Waals surface area contributed by atoms with Crippen molar-refractivity contribution in [2.75, 3.05) is 6.61 Å². The third kappa shape index (κ3) is 2.13. The van der Waals surface area contributed by atoms with E-state index < -0.39 is 5.97 Å². The Morgan fingerprint density at radius 3 is 2.94 bits per heavy atom. The van der Waals surface area contributed by atoms with E-state index in [0.29, 0.717) is 5.65 Å². The Morgan fingerprint density at radius 2 is 2.28 bits per heavy atom. The van der Waals surface area contributed by atoms with Crippen LogP contribution in [0, 0.1) is 0 Å². The Labute approximate surface area is 104 Å². The second-order valence-corrected chi connectivity index (χ2v) is 3.91. The molecule has 1 N–H and O–H groups in total. The molecule has 0 unspecified atom stereocenters. The maximum atomic E-state index is 11.7. The lowest BCUT2D eigenvalue weighted by Crippen LogP contribution is -2.14. The van der Waals surface area contributed by atoms with E-state index in [1.165, 1.54) is 12.3 Å². The van der Waals surface area contributed by atoms with Crippen LogP contribution in [0.3, 0.4) is 0 Å². The molecule has 6 heteroatoms. The second kappa shape index (κ2) is 5.03. The summed E-state index contributed by atoms with van der Waals surface area (Å²) >= 11 is 0. The normalized spacial score (nSPS) is 10.8. The quantitative estimate of drug-likeness (QED) is 0.825. The number of esters is 1. The Bertz CT molecular complexity index is 627. The van der Waals surface area contributed by atoms with Gasteiger partial charge in [0.05, 0.1) is 12.8 Å². The molecular formula is C12H15N3O3. The minimum Gasteiger partial charge on any atom is -0.462 e. The minimum atomic E-state index is -0.475. The van der Waals surface area contributed by atoms with Gasteiger partial charge in [-0.1, -0.05) is 13.3 Å². The van der Waals surface area contributed by atoms with Gasteiger partial charge in [0.1, 0.15) is 5.56 Å². The summed E-state index contributed by atoms with van der Waals surface area (Å²) in [4.78, 5) is 25.9. The predicted molar refractivity (Wildman–Crippen MR) is 65.8 cm³/mol. The van der Waals surface area contributed by atoms with Crippen molar-refractivity contribution in [2.45, 2.75) is 26.7 Å².